The molecule has 0 aromatic carbocycles. The van der Waals surface area contributed by atoms with E-state index in [9.17, 15) is 4.91 Å². The molecule has 86 valence electrons. The van der Waals surface area contributed by atoms with Crippen LogP contribution >= 0.6 is 0 Å². The topological polar surface area (TPSA) is 55.4 Å². The van der Waals surface area contributed by atoms with Gasteiger partial charge >= 0.3 is 0 Å². The van der Waals surface area contributed by atoms with Crippen molar-refractivity contribution in [3.63, 3.8) is 0 Å². The second kappa shape index (κ2) is 5.06. The van der Waals surface area contributed by atoms with Gasteiger partial charge in [0.2, 0.25) is 0 Å². The van der Waals surface area contributed by atoms with E-state index < -0.39 is 0 Å². The molecule has 2 aliphatic carbocycles. The third-order valence-corrected chi connectivity index (χ3v) is 4.67. The number of hydrogen-bond donors (Lipinski definition) is 1. The second-order valence-electron chi connectivity index (χ2n) is 5.32. The highest BCUT2D eigenvalue weighted by atomic mass is 16.3. The molecule has 2 N–H and O–H groups in total. The molecule has 2 rings (SSSR count). The van der Waals surface area contributed by atoms with Crippen LogP contribution < -0.4 is 5.73 Å². The predicted octanol–water partition coefficient (Wildman–Crippen LogP) is 2.54. The molecule has 0 amide bonds. The fourth-order valence-corrected chi connectivity index (χ4v) is 3.11. The fraction of sp³-hybridized carbons (Fsp3) is 1.00. The van der Waals surface area contributed by atoms with E-state index in [0.29, 0.717) is 12.5 Å². The Morgan fingerprint density at radius 3 is 1.87 bits per heavy atom. The first-order valence-electron chi connectivity index (χ1n) is 6.34. The van der Waals surface area contributed by atoms with E-state index in [1.807, 2.05) is 0 Å². The van der Waals surface area contributed by atoms with Crippen molar-refractivity contribution >= 4 is 0 Å². The van der Waals surface area contributed by atoms with E-state index in [2.05, 4.69) is 5.18 Å². The minimum atomic E-state index is 0.551. The molecule has 0 saturated heterocycles. The number of rotatable bonds is 6. The first-order valence-corrected chi connectivity index (χ1v) is 6.34. The molecule has 2 saturated carbocycles. The van der Waals surface area contributed by atoms with Crippen molar-refractivity contribution in [2.24, 2.45) is 34.6 Å². The van der Waals surface area contributed by atoms with E-state index in [4.69, 9.17) is 5.73 Å². The average molecular weight is 210 g/mol. The van der Waals surface area contributed by atoms with Gasteiger partial charge in [-0.1, -0.05) is 5.18 Å². The molecular weight excluding hydrogens is 188 g/mol. The van der Waals surface area contributed by atoms with Crippen LogP contribution in [0.5, 0.6) is 0 Å². The monoisotopic (exact) mass is 210 g/mol. The van der Waals surface area contributed by atoms with Gasteiger partial charge in [-0.15, -0.1) is 0 Å². The van der Waals surface area contributed by atoms with Crippen LogP contribution in [0.3, 0.4) is 0 Å². The molecule has 0 bridgehead atoms. The highest BCUT2D eigenvalue weighted by molar-refractivity contribution is 4.86. The van der Waals surface area contributed by atoms with Gasteiger partial charge in [-0.05, 0) is 68.7 Å². The van der Waals surface area contributed by atoms with Crippen LogP contribution in [0.1, 0.15) is 38.5 Å². The Labute approximate surface area is 91.8 Å². The molecule has 4 unspecified atom stereocenters. The number of nitrogens with two attached hydrogens (primary N) is 1. The van der Waals surface area contributed by atoms with E-state index in [1.165, 1.54) is 38.5 Å². The maximum absolute atomic E-state index is 10.2. The fourth-order valence-electron chi connectivity index (χ4n) is 3.11. The summed E-state index contributed by atoms with van der Waals surface area (Å²) in [6.07, 6.45) is 7.90. The normalized spacial score (nSPS) is 39.3. The van der Waals surface area contributed by atoms with Crippen LogP contribution in [0, 0.1) is 28.6 Å². The smallest absolute Gasteiger partial charge is 0.0841 e. The van der Waals surface area contributed by atoms with Gasteiger partial charge in [-0.25, -0.2) is 0 Å². The lowest BCUT2D eigenvalue weighted by molar-refractivity contribution is 0.117. The Hall–Kier alpha value is -0.440. The zero-order valence-corrected chi connectivity index (χ0v) is 9.40. The van der Waals surface area contributed by atoms with E-state index >= 15 is 0 Å². The highest BCUT2D eigenvalue weighted by Crippen LogP contribution is 2.42. The van der Waals surface area contributed by atoms with Gasteiger partial charge in [-0.2, -0.15) is 4.91 Å². The summed E-state index contributed by atoms with van der Waals surface area (Å²) in [4.78, 5) is 10.2. The molecule has 0 aromatic rings. The highest BCUT2D eigenvalue weighted by Gasteiger charge is 2.34. The SMILES string of the molecule is NCC1CCC1CCC1CCC1CN=O. The van der Waals surface area contributed by atoms with E-state index in [-0.39, 0.29) is 0 Å². The van der Waals surface area contributed by atoms with Crippen molar-refractivity contribution in [3.05, 3.63) is 4.91 Å². The van der Waals surface area contributed by atoms with Crippen LogP contribution in [-0.2, 0) is 0 Å². The van der Waals surface area contributed by atoms with Crippen molar-refractivity contribution in [1.82, 2.24) is 0 Å². The average Bonchev–Trinajstić information content (AvgIpc) is 2.18. The Morgan fingerprint density at radius 2 is 1.47 bits per heavy atom. The summed E-state index contributed by atoms with van der Waals surface area (Å²) >= 11 is 0. The maximum atomic E-state index is 10.2. The van der Waals surface area contributed by atoms with Crippen molar-refractivity contribution in [2.45, 2.75) is 38.5 Å². The summed E-state index contributed by atoms with van der Waals surface area (Å²) in [5.74, 6) is 3.09. The van der Waals surface area contributed by atoms with Crippen molar-refractivity contribution in [1.29, 1.82) is 0 Å². The summed E-state index contributed by atoms with van der Waals surface area (Å²) in [5.41, 5.74) is 5.70. The Bertz CT molecular complexity index is 218. The molecule has 0 heterocycles. The van der Waals surface area contributed by atoms with Gasteiger partial charge in [0, 0.05) is 0 Å². The van der Waals surface area contributed by atoms with E-state index in [0.717, 1.165) is 24.3 Å². The number of nitroso groups, excluding NO2 is 1. The summed E-state index contributed by atoms with van der Waals surface area (Å²) in [6, 6.07) is 0. The predicted molar refractivity (Wildman–Crippen MR) is 61.4 cm³/mol. The standard InChI is InChI=1S/C12H22N2O/c13-7-11-5-3-9(11)1-2-10-4-6-12(10)8-14-15/h9-12H,1-8,13H2. The molecule has 3 heteroatoms. The summed E-state index contributed by atoms with van der Waals surface area (Å²) in [6.45, 7) is 1.42. The van der Waals surface area contributed by atoms with Gasteiger partial charge in [0.15, 0.2) is 0 Å². The molecule has 15 heavy (non-hydrogen) atoms. The van der Waals surface area contributed by atoms with Crippen LogP contribution in [0.2, 0.25) is 0 Å². The summed E-state index contributed by atoms with van der Waals surface area (Å²) in [7, 11) is 0. The molecular formula is C12H22N2O. The lowest BCUT2D eigenvalue weighted by Gasteiger charge is -2.40. The van der Waals surface area contributed by atoms with Gasteiger partial charge in [0.25, 0.3) is 0 Å². The van der Waals surface area contributed by atoms with Crippen LogP contribution in [0.15, 0.2) is 5.18 Å². The largest absolute Gasteiger partial charge is 0.330 e. The first kappa shape index (κ1) is 11.1. The minimum absolute atomic E-state index is 0.551. The van der Waals surface area contributed by atoms with Gasteiger partial charge in [0.05, 0.1) is 6.54 Å². The Morgan fingerprint density at radius 1 is 0.933 bits per heavy atom. The lowest BCUT2D eigenvalue weighted by atomic mass is 9.66. The summed E-state index contributed by atoms with van der Waals surface area (Å²) in [5, 5.41) is 3.03. The van der Waals surface area contributed by atoms with Gasteiger partial charge in [-0.3, -0.25) is 0 Å². The van der Waals surface area contributed by atoms with Crippen molar-refractivity contribution < 1.29 is 0 Å². The zero-order valence-electron chi connectivity index (χ0n) is 9.40. The van der Waals surface area contributed by atoms with Gasteiger partial charge in [0.1, 0.15) is 0 Å². The number of hydrogen-bond acceptors (Lipinski definition) is 3. The van der Waals surface area contributed by atoms with Crippen molar-refractivity contribution in [3.8, 4) is 0 Å². The Kier molecular flexibility index (Phi) is 3.73. The molecule has 0 aliphatic heterocycles. The quantitative estimate of drug-likeness (QED) is 0.685. The third-order valence-electron chi connectivity index (χ3n) is 4.67. The molecule has 2 aliphatic rings. The Balaban J connectivity index is 1.63. The van der Waals surface area contributed by atoms with Crippen LogP contribution in [0.25, 0.3) is 0 Å². The molecule has 0 radical (unpaired) electrons. The molecule has 4 atom stereocenters. The van der Waals surface area contributed by atoms with E-state index in [1.54, 1.807) is 0 Å². The maximum Gasteiger partial charge on any atom is 0.0841 e. The lowest BCUT2D eigenvalue weighted by Crippen LogP contribution is -2.34. The molecule has 2 fully saturated rings. The molecule has 0 spiro atoms. The van der Waals surface area contributed by atoms with Gasteiger partial charge < -0.3 is 5.73 Å². The molecule has 3 nitrogen and oxygen atoms in total. The third kappa shape index (κ3) is 2.39. The zero-order chi connectivity index (χ0) is 10.7. The van der Waals surface area contributed by atoms with Crippen LogP contribution in [0.4, 0.5) is 0 Å². The van der Waals surface area contributed by atoms with Crippen molar-refractivity contribution in [2.75, 3.05) is 13.1 Å². The number of nitrogens with zero attached hydrogens (tertiary/aromatic N) is 1. The minimum Gasteiger partial charge on any atom is -0.330 e. The first-order chi connectivity index (χ1) is 7.35. The van der Waals surface area contributed by atoms with Crippen LogP contribution in [-0.4, -0.2) is 13.1 Å². The second-order valence-corrected chi connectivity index (χ2v) is 5.32. The molecule has 0 aromatic heterocycles. The summed E-state index contributed by atoms with van der Waals surface area (Å²) < 4.78 is 0.